The molecule has 0 bridgehead atoms. The topological polar surface area (TPSA) is 66.5 Å². The van der Waals surface area contributed by atoms with Crippen molar-refractivity contribution < 1.29 is 12.6 Å². The summed E-state index contributed by atoms with van der Waals surface area (Å²) < 4.78 is 36.8. The van der Waals surface area contributed by atoms with Crippen molar-refractivity contribution in [3.63, 3.8) is 0 Å². The Labute approximate surface area is 92.7 Å². The Bertz CT molecular complexity index is 339. The predicted molar refractivity (Wildman–Crippen MR) is 59.6 cm³/mol. The molecule has 2 rings (SSSR count). The maximum Gasteiger partial charge on any atom is 0.218 e. The molecule has 1 unspecified atom stereocenters. The molecule has 2 heterocycles. The minimum Gasteiger partial charge on any atom is -0.315 e. The third-order valence-electron chi connectivity index (χ3n) is 2.93. The van der Waals surface area contributed by atoms with Crippen LogP contribution < -0.4 is 5.32 Å². The van der Waals surface area contributed by atoms with Crippen LogP contribution in [0.4, 0.5) is 0 Å². The fourth-order valence-electron chi connectivity index (χ4n) is 1.97. The fraction of sp³-hybridized carbons (Fsp3) is 1.00. The summed E-state index contributed by atoms with van der Waals surface area (Å²) in [5.74, 6) is 0.971. The van der Waals surface area contributed by atoms with E-state index in [0.717, 1.165) is 6.54 Å². The van der Waals surface area contributed by atoms with E-state index in [2.05, 4.69) is 5.32 Å². The molecule has 1 atom stereocenters. The zero-order valence-electron chi connectivity index (χ0n) is 8.52. The molecule has 88 valence electrons. The van der Waals surface area contributed by atoms with Crippen molar-refractivity contribution in [2.75, 3.05) is 37.7 Å². The molecule has 2 saturated heterocycles. The van der Waals surface area contributed by atoms with Gasteiger partial charge >= 0.3 is 0 Å². The number of rotatable bonds is 2. The minimum absolute atomic E-state index is 0.274. The molecule has 0 spiro atoms. The third kappa shape index (κ3) is 2.41. The zero-order valence-corrected chi connectivity index (χ0v) is 10.1. The van der Waals surface area contributed by atoms with E-state index in [4.69, 9.17) is 0 Å². The van der Waals surface area contributed by atoms with E-state index in [1.807, 2.05) is 0 Å². The molecule has 2 aliphatic rings. The zero-order chi connectivity index (χ0) is 10.9. The summed E-state index contributed by atoms with van der Waals surface area (Å²) in [4.78, 5) is 0. The molecular weight excluding hydrogens is 236 g/mol. The van der Waals surface area contributed by atoms with Gasteiger partial charge in [-0.25, -0.2) is 8.42 Å². The van der Waals surface area contributed by atoms with Crippen molar-refractivity contribution in [1.29, 1.82) is 0 Å². The normalized spacial score (nSPS) is 30.8. The van der Waals surface area contributed by atoms with Gasteiger partial charge in [-0.2, -0.15) is 4.31 Å². The highest BCUT2D eigenvalue weighted by Gasteiger charge is 2.35. The molecule has 0 amide bonds. The number of hydrogen-bond acceptors (Lipinski definition) is 4. The first-order valence-electron chi connectivity index (χ1n) is 5.15. The second kappa shape index (κ2) is 4.48. The Morgan fingerprint density at radius 3 is 2.47 bits per heavy atom. The Morgan fingerprint density at radius 1 is 1.27 bits per heavy atom. The summed E-state index contributed by atoms with van der Waals surface area (Å²) in [7, 11) is -3.97. The van der Waals surface area contributed by atoms with Crippen LogP contribution >= 0.6 is 0 Å². The van der Waals surface area contributed by atoms with Crippen LogP contribution in [-0.2, 0) is 20.8 Å². The molecule has 7 heteroatoms. The Hall–Kier alpha value is 0.0200. The Kier molecular flexibility index (Phi) is 3.44. The van der Waals surface area contributed by atoms with E-state index < -0.39 is 20.8 Å². The van der Waals surface area contributed by atoms with Crippen LogP contribution in [0.15, 0.2) is 0 Å². The van der Waals surface area contributed by atoms with Gasteiger partial charge in [-0.1, -0.05) is 0 Å². The highest BCUT2D eigenvalue weighted by molar-refractivity contribution is 7.90. The van der Waals surface area contributed by atoms with Crippen LogP contribution in [0.2, 0.25) is 0 Å². The highest BCUT2D eigenvalue weighted by Crippen LogP contribution is 2.16. The van der Waals surface area contributed by atoms with E-state index >= 15 is 0 Å². The van der Waals surface area contributed by atoms with Crippen molar-refractivity contribution in [1.82, 2.24) is 9.62 Å². The summed E-state index contributed by atoms with van der Waals surface area (Å²) in [6, 6.07) is 0. The van der Waals surface area contributed by atoms with Crippen LogP contribution in [0.25, 0.3) is 0 Å². The molecule has 2 fully saturated rings. The van der Waals surface area contributed by atoms with E-state index in [9.17, 15) is 12.6 Å². The molecule has 0 aromatic heterocycles. The SMILES string of the molecule is O=S1CCN(S(=O)(=O)C2CCNC2)CC1. The number of nitrogens with one attached hydrogen (secondary N) is 1. The molecular formula is C8H16N2O3S2. The van der Waals surface area contributed by atoms with Crippen molar-refractivity contribution in [2.45, 2.75) is 11.7 Å². The van der Waals surface area contributed by atoms with Gasteiger partial charge in [0.15, 0.2) is 0 Å². The molecule has 0 aromatic rings. The standard InChI is InChI=1S/C8H16N2O3S2/c11-14-5-3-10(4-6-14)15(12,13)8-1-2-9-7-8/h8-9H,1-7H2. The van der Waals surface area contributed by atoms with Crippen LogP contribution in [-0.4, -0.2) is 59.9 Å². The molecule has 1 N–H and O–H groups in total. The first-order chi connectivity index (χ1) is 7.10. The van der Waals surface area contributed by atoms with Gasteiger partial charge in [0, 0.05) is 41.9 Å². The predicted octanol–water partition coefficient (Wildman–Crippen LogP) is -1.26. The first-order valence-corrected chi connectivity index (χ1v) is 8.14. The fourth-order valence-corrected chi connectivity index (χ4v) is 5.11. The molecule has 0 radical (unpaired) electrons. The Morgan fingerprint density at radius 2 is 1.93 bits per heavy atom. The van der Waals surface area contributed by atoms with Gasteiger partial charge in [0.25, 0.3) is 0 Å². The van der Waals surface area contributed by atoms with Crippen molar-refractivity contribution in [3.8, 4) is 0 Å². The smallest absolute Gasteiger partial charge is 0.218 e. The molecule has 0 aromatic carbocycles. The van der Waals surface area contributed by atoms with Crippen molar-refractivity contribution in [2.24, 2.45) is 0 Å². The molecule has 2 aliphatic heterocycles. The van der Waals surface area contributed by atoms with Gasteiger partial charge in [0.1, 0.15) is 0 Å². The molecule has 5 nitrogen and oxygen atoms in total. The van der Waals surface area contributed by atoms with Crippen molar-refractivity contribution >= 4 is 20.8 Å². The minimum atomic E-state index is -3.15. The summed E-state index contributed by atoms with van der Waals surface area (Å²) in [5, 5.41) is 2.79. The molecule has 15 heavy (non-hydrogen) atoms. The second-order valence-corrected chi connectivity index (χ2v) is 7.82. The lowest BCUT2D eigenvalue weighted by Crippen LogP contribution is -2.46. The van der Waals surface area contributed by atoms with Gasteiger partial charge in [-0.05, 0) is 13.0 Å². The summed E-state index contributed by atoms with van der Waals surface area (Å²) in [6.07, 6.45) is 0.696. The highest BCUT2D eigenvalue weighted by atomic mass is 32.2. The van der Waals surface area contributed by atoms with Gasteiger partial charge in [0.2, 0.25) is 10.0 Å². The number of sulfonamides is 1. The quantitative estimate of drug-likeness (QED) is 0.666. The van der Waals surface area contributed by atoms with E-state index in [1.54, 1.807) is 0 Å². The average molecular weight is 252 g/mol. The molecule has 0 saturated carbocycles. The summed E-state index contributed by atoms with van der Waals surface area (Å²) >= 11 is 0. The van der Waals surface area contributed by atoms with Crippen LogP contribution in [0.1, 0.15) is 6.42 Å². The summed E-state index contributed by atoms with van der Waals surface area (Å²) in [6.45, 7) is 2.18. The van der Waals surface area contributed by atoms with Gasteiger partial charge in [0.05, 0.1) is 5.25 Å². The summed E-state index contributed by atoms with van der Waals surface area (Å²) in [5.41, 5.74) is 0. The lowest BCUT2D eigenvalue weighted by atomic mass is 10.4. The largest absolute Gasteiger partial charge is 0.315 e. The first kappa shape index (κ1) is 11.5. The second-order valence-electron chi connectivity index (χ2n) is 3.91. The van der Waals surface area contributed by atoms with Gasteiger partial charge < -0.3 is 5.32 Å². The Balaban J connectivity index is 2.05. The monoisotopic (exact) mass is 252 g/mol. The van der Waals surface area contributed by atoms with Crippen LogP contribution in [0.5, 0.6) is 0 Å². The maximum absolute atomic E-state index is 12.1. The third-order valence-corrected chi connectivity index (χ3v) is 6.54. The van der Waals surface area contributed by atoms with Gasteiger partial charge in [-0.3, -0.25) is 4.21 Å². The van der Waals surface area contributed by atoms with Crippen LogP contribution in [0, 0.1) is 0 Å². The lowest BCUT2D eigenvalue weighted by Gasteiger charge is -2.28. The average Bonchev–Trinajstić information content (AvgIpc) is 2.71. The van der Waals surface area contributed by atoms with E-state index in [0.29, 0.717) is 37.6 Å². The van der Waals surface area contributed by atoms with Crippen LogP contribution in [0.3, 0.4) is 0 Å². The number of hydrogen-bond donors (Lipinski definition) is 1. The lowest BCUT2D eigenvalue weighted by molar-refractivity contribution is 0.430. The number of nitrogens with zero attached hydrogens (tertiary/aromatic N) is 1. The molecule has 0 aliphatic carbocycles. The van der Waals surface area contributed by atoms with Gasteiger partial charge in [-0.15, -0.1) is 0 Å². The maximum atomic E-state index is 12.1. The van der Waals surface area contributed by atoms with Crippen molar-refractivity contribution in [3.05, 3.63) is 0 Å². The van der Waals surface area contributed by atoms with E-state index in [-0.39, 0.29) is 5.25 Å². The van der Waals surface area contributed by atoms with E-state index in [1.165, 1.54) is 4.31 Å².